The summed E-state index contributed by atoms with van der Waals surface area (Å²) in [5, 5.41) is 8.97. The van der Waals surface area contributed by atoms with Gasteiger partial charge in [-0.25, -0.2) is 18.1 Å². The fourth-order valence-corrected chi connectivity index (χ4v) is 3.45. The Morgan fingerprint density at radius 2 is 1.95 bits per heavy atom. The molecule has 0 aliphatic rings. The van der Waals surface area contributed by atoms with Gasteiger partial charge in [0.15, 0.2) is 5.69 Å². The van der Waals surface area contributed by atoms with E-state index in [4.69, 9.17) is 5.26 Å². The molecule has 0 saturated heterocycles. The maximum Gasteiger partial charge on any atom is 0.244 e. The van der Waals surface area contributed by atoms with Crippen LogP contribution < -0.4 is 4.72 Å². The van der Waals surface area contributed by atoms with Crippen molar-refractivity contribution < 1.29 is 8.42 Å². The third kappa shape index (κ3) is 3.27. The minimum atomic E-state index is -3.80. The van der Waals surface area contributed by atoms with E-state index in [2.05, 4.69) is 9.71 Å². The van der Waals surface area contributed by atoms with E-state index < -0.39 is 16.1 Å². The number of rotatable bonds is 4. The Labute approximate surface area is 124 Å². The average Bonchev–Trinajstić information content (AvgIpc) is 2.47. The Morgan fingerprint density at radius 1 is 1.24 bits per heavy atom. The van der Waals surface area contributed by atoms with Crippen LogP contribution in [0.2, 0.25) is 0 Å². The van der Waals surface area contributed by atoms with Gasteiger partial charge in [-0.05, 0) is 37.1 Å². The molecule has 2 aromatic rings. The molecule has 0 amide bonds. The lowest BCUT2D eigenvalue weighted by Gasteiger charge is -2.17. The molecule has 0 aliphatic heterocycles. The van der Waals surface area contributed by atoms with E-state index in [-0.39, 0.29) is 10.6 Å². The standard InChI is InChI=1S/C15H15N3O2S/c1-11-6-3-4-7-13(11)12(2)18-21(19,20)15-8-5-9-17-14(15)10-16/h3-9,12,18H,1-2H3. The Hall–Kier alpha value is -2.23. The summed E-state index contributed by atoms with van der Waals surface area (Å²) in [7, 11) is -3.80. The lowest BCUT2D eigenvalue weighted by molar-refractivity contribution is 0.565. The van der Waals surface area contributed by atoms with Crippen LogP contribution in [0.5, 0.6) is 0 Å². The molecule has 1 N–H and O–H groups in total. The third-order valence-corrected chi connectivity index (χ3v) is 4.73. The van der Waals surface area contributed by atoms with Gasteiger partial charge in [-0.15, -0.1) is 0 Å². The van der Waals surface area contributed by atoms with Gasteiger partial charge in [-0.1, -0.05) is 24.3 Å². The zero-order valence-corrected chi connectivity index (χ0v) is 12.6. The lowest BCUT2D eigenvalue weighted by Crippen LogP contribution is -2.28. The second-order valence-electron chi connectivity index (χ2n) is 4.66. The molecule has 0 bridgehead atoms. The number of nitriles is 1. The molecule has 1 unspecified atom stereocenters. The van der Waals surface area contributed by atoms with Crippen molar-refractivity contribution in [1.82, 2.24) is 9.71 Å². The third-order valence-electron chi connectivity index (χ3n) is 3.15. The van der Waals surface area contributed by atoms with Gasteiger partial charge in [-0.2, -0.15) is 5.26 Å². The quantitative estimate of drug-likeness (QED) is 0.939. The first kappa shape index (κ1) is 15.2. The van der Waals surface area contributed by atoms with Crippen LogP contribution in [0.25, 0.3) is 0 Å². The van der Waals surface area contributed by atoms with Crippen LogP contribution in [0.4, 0.5) is 0 Å². The Morgan fingerprint density at radius 3 is 2.62 bits per heavy atom. The van der Waals surface area contributed by atoms with Crippen LogP contribution in [-0.4, -0.2) is 13.4 Å². The number of nitrogens with zero attached hydrogens (tertiary/aromatic N) is 2. The summed E-state index contributed by atoms with van der Waals surface area (Å²) in [4.78, 5) is 3.68. The Kier molecular flexibility index (Phi) is 4.36. The molecule has 0 radical (unpaired) electrons. The van der Waals surface area contributed by atoms with Gasteiger partial charge < -0.3 is 0 Å². The van der Waals surface area contributed by atoms with Crippen molar-refractivity contribution in [2.45, 2.75) is 24.8 Å². The molecule has 1 heterocycles. The van der Waals surface area contributed by atoms with Crippen LogP contribution in [0.1, 0.15) is 29.8 Å². The van der Waals surface area contributed by atoms with Gasteiger partial charge in [-0.3, -0.25) is 0 Å². The van der Waals surface area contributed by atoms with Gasteiger partial charge >= 0.3 is 0 Å². The van der Waals surface area contributed by atoms with Gasteiger partial charge in [0.1, 0.15) is 11.0 Å². The van der Waals surface area contributed by atoms with Crippen molar-refractivity contribution in [2.24, 2.45) is 0 Å². The largest absolute Gasteiger partial charge is 0.244 e. The fourth-order valence-electron chi connectivity index (χ4n) is 2.12. The number of nitrogens with one attached hydrogen (secondary N) is 1. The molecular weight excluding hydrogens is 286 g/mol. The van der Waals surface area contributed by atoms with E-state index in [0.717, 1.165) is 11.1 Å². The molecule has 0 spiro atoms. The number of aryl methyl sites for hydroxylation is 1. The molecule has 0 fully saturated rings. The Bertz CT molecular complexity index is 795. The molecule has 0 saturated carbocycles. The summed E-state index contributed by atoms with van der Waals surface area (Å²) >= 11 is 0. The molecule has 1 aromatic heterocycles. The molecule has 1 atom stereocenters. The Balaban J connectivity index is 2.34. The highest BCUT2D eigenvalue weighted by Gasteiger charge is 2.22. The van der Waals surface area contributed by atoms with Gasteiger partial charge in [0.05, 0.1) is 0 Å². The number of pyridine rings is 1. The summed E-state index contributed by atoms with van der Waals surface area (Å²) in [6.07, 6.45) is 1.39. The highest BCUT2D eigenvalue weighted by Crippen LogP contribution is 2.20. The number of benzene rings is 1. The predicted octanol–water partition coefficient (Wildman–Crippen LogP) is 2.30. The van der Waals surface area contributed by atoms with Gasteiger partial charge in [0.2, 0.25) is 10.0 Å². The van der Waals surface area contributed by atoms with Crippen molar-refractivity contribution in [3.8, 4) is 6.07 Å². The van der Waals surface area contributed by atoms with E-state index in [1.165, 1.54) is 18.3 Å². The monoisotopic (exact) mass is 301 g/mol. The highest BCUT2D eigenvalue weighted by atomic mass is 32.2. The van der Waals surface area contributed by atoms with Crippen LogP contribution >= 0.6 is 0 Å². The molecule has 1 aromatic carbocycles. The number of sulfonamides is 1. The van der Waals surface area contributed by atoms with Crippen LogP contribution in [0.15, 0.2) is 47.5 Å². The van der Waals surface area contributed by atoms with E-state index in [9.17, 15) is 8.42 Å². The van der Waals surface area contributed by atoms with Crippen molar-refractivity contribution >= 4 is 10.0 Å². The highest BCUT2D eigenvalue weighted by molar-refractivity contribution is 7.89. The topological polar surface area (TPSA) is 82.8 Å². The van der Waals surface area contributed by atoms with Crippen LogP contribution in [-0.2, 0) is 10.0 Å². The maximum absolute atomic E-state index is 12.4. The van der Waals surface area contributed by atoms with Crippen LogP contribution in [0, 0.1) is 18.3 Å². The number of aromatic nitrogens is 1. The van der Waals surface area contributed by atoms with E-state index in [1.807, 2.05) is 31.2 Å². The zero-order chi connectivity index (χ0) is 15.5. The van der Waals surface area contributed by atoms with Crippen LogP contribution in [0.3, 0.4) is 0 Å². The second kappa shape index (κ2) is 6.04. The molecule has 5 nitrogen and oxygen atoms in total. The molecule has 21 heavy (non-hydrogen) atoms. The molecule has 108 valence electrons. The normalized spacial score (nSPS) is 12.6. The van der Waals surface area contributed by atoms with Crippen molar-refractivity contribution in [2.75, 3.05) is 0 Å². The number of hydrogen-bond donors (Lipinski definition) is 1. The molecule has 2 rings (SSSR count). The molecular formula is C15H15N3O2S. The van der Waals surface area contributed by atoms with E-state index in [1.54, 1.807) is 13.0 Å². The summed E-state index contributed by atoms with van der Waals surface area (Å²) in [6.45, 7) is 3.69. The average molecular weight is 301 g/mol. The summed E-state index contributed by atoms with van der Waals surface area (Å²) in [5.41, 5.74) is 1.78. The first-order chi connectivity index (χ1) is 9.95. The number of hydrogen-bond acceptors (Lipinski definition) is 4. The SMILES string of the molecule is Cc1ccccc1C(C)NS(=O)(=O)c1cccnc1C#N. The molecule has 6 heteroatoms. The summed E-state index contributed by atoms with van der Waals surface area (Å²) in [6, 6.07) is 11.8. The van der Waals surface area contributed by atoms with Gasteiger partial charge in [0, 0.05) is 12.2 Å². The first-order valence-corrected chi connectivity index (χ1v) is 7.87. The fraction of sp³-hybridized carbons (Fsp3) is 0.200. The summed E-state index contributed by atoms with van der Waals surface area (Å²) in [5.74, 6) is 0. The lowest BCUT2D eigenvalue weighted by atomic mass is 10.0. The second-order valence-corrected chi connectivity index (χ2v) is 6.34. The van der Waals surface area contributed by atoms with E-state index in [0.29, 0.717) is 0 Å². The predicted molar refractivity (Wildman–Crippen MR) is 78.9 cm³/mol. The maximum atomic E-state index is 12.4. The smallest absolute Gasteiger partial charge is 0.244 e. The minimum absolute atomic E-state index is 0.104. The summed E-state index contributed by atoms with van der Waals surface area (Å²) < 4.78 is 27.4. The van der Waals surface area contributed by atoms with Crippen molar-refractivity contribution in [1.29, 1.82) is 5.26 Å². The first-order valence-electron chi connectivity index (χ1n) is 6.38. The minimum Gasteiger partial charge on any atom is -0.244 e. The molecule has 0 aliphatic carbocycles. The van der Waals surface area contributed by atoms with Crippen molar-refractivity contribution in [3.63, 3.8) is 0 Å². The van der Waals surface area contributed by atoms with Crippen molar-refractivity contribution in [3.05, 3.63) is 59.4 Å². The van der Waals surface area contributed by atoms with E-state index >= 15 is 0 Å². The van der Waals surface area contributed by atoms with Gasteiger partial charge in [0.25, 0.3) is 0 Å². The zero-order valence-electron chi connectivity index (χ0n) is 11.7.